The van der Waals surface area contributed by atoms with Crippen molar-refractivity contribution >= 4 is 46.4 Å². The van der Waals surface area contributed by atoms with Gasteiger partial charge in [0.25, 0.3) is 5.91 Å². The number of carbonyl (C=O) groups excluding carboxylic acids is 1. The molecular formula is C19H18Cl2N6O. The van der Waals surface area contributed by atoms with Gasteiger partial charge in [-0.05, 0) is 23.8 Å². The van der Waals surface area contributed by atoms with Gasteiger partial charge in [-0.1, -0.05) is 53.5 Å². The summed E-state index contributed by atoms with van der Waals surface area (Å²) in [5, 5.41) is 0.686. The summed E-state index contributed by atoms with van der Waals surface area (Å²) >= 11 is 11.9. The second-order valence-electron chi connectivity index (χ2n) is 6.00. The van der Waals surface area contributed by atoms with Crippen LogP contribution in [0.1, 0.15) is 15.9 Å². The van der Waals surface area contributed by atoms with E-state index in [4.69, 9.17) is 28.9 Å². The lowest BCUT2D eigenvalue weighted by Gasteiger charge is -2.21. The van der Waals surface area contributed by atoms with E-state index in [2.05, 4.69) is 20.8 Å². The first-order valence-electron chi connectivity index (χ1n) is 8.32. The molecule has 0 radical (unpaired) electrons. The van der Waals surface area contributed by atoms with E-state index in [1.54, 1.807) is 6.07 Å². The van der Waals surface area contributed by atoms with Gasteiger partial charge in [0.2, 0.25) is 0 Å². The Balaban J connectivity index is 1.71. The number of hydrogen-bond donors (Lipinski definition) is 3. The molecule has 144 valence electrons. The largest absolute Gasteiger partial charge is 0.393 e. The van der Waals surface area contributed by atoms with E-state index in [1.807, 2.05) is 42.3 Å². The van der Waals surface area contributed by atoms with Gasteiger partial charge in [-0.15, -0.1) is 0 Å². The average Bonchev–Trinajstić information content (AvgIpc) is 2.67. The van der Waals surface area contributed by atoms with Gasteiger partial charge in [-0.3, -0.25) is 15.6 Å². The van der Waals surface area contributed by atoms with Crippen LogP contribution in [0.2, 0.25) is 10.0 Å². The maximum absolute atomic E-state index is 12.3. The van der Waals surface area contributed by atoms with E-state index in [-0.39, 0.29) is 16.4 Å². The second kappa shape index (κ2) is 8.77. The highest BCUT2D eigenvalue weighted by atomic mass is 35.5. The van der Waals surface area contributed by atoms with Crippen molar-refractivity contribution in [3.63, 3.8) is 0 Å². The van der Waals surface area contributed by atoms with Crippen LogP contribution in [-0.4, -0.2) is 22.9 Å². The average molecular weight is 417 g/mol. The molecule has 0 fully saturated rings. The number of amides is 1. The first kappa shape index (κ1) is 19.7. The Morgan fingerprint density at radius 3 is 2.61 bits per heavy atom. The standard InChI is InChI=1S/C19H18Cl2N6O/c1-27(10-12-5-3-2-4-6-12)18-16(22)17(23-11-24-18)25-26-19(28)14-8-7-13(20)9-15(14)21/h2-9,11H,10,22H2,1H3,(H,26,28)(H,23,24,25). The topological polar surface area (TPSA) is 96.2 Å². The Morgan fingerprint density at radius 2 is 1.89 bits per heavy atom. The molecule has 1 amide bonds. The van der Waals surface area contributed by atoms with Crippen LogP contribution in [0.15, 0.2) is 54.9 Å². The number of nitrogens with zero attached hydrogens (tertiary/aromatic N) is 3. The number of benzene rings is 2. The SMILES string of the molecule is CN(Cc1ccccc1)c1ncnc(NNC(=O)c2ccc(Cl)cc2Cl)c1N. The van der Waals surface area contributed by atoms with E-state index in [9.17, 15) is 4.79 Å². The molecule has 0 bridgehead atoms. The first-order valence-corrected chi connectivity index (χ1v) is 9.08. The van der Waals surface area contributed by atoms with Crippen molar-refractivity contribution in [1.29, 1.82) is 0 Å². The van der Waals surface area contributed by atoms with Crippen molar-refractivity contribution < 1.29 is 4.79 Å². The maximum Gasteiger partial charge on any atom is 0.271 e. The molecule has 0 spiro atoms. The third kappa shape index (κ3) is 4.62. The third-order valence-corrected chi connectivity index (χ3v) is 4.51. The fraction of sp³-hybridized carbons (Fsp3) is 0.105. The Kier molecular flexibility index (Phi) is 6.18. The fourth-order valence-corrected chi connectivity index (χ4v) is 3.07. The maximum atomic E-state index is 12.3. The van der Waals surface area contributed by atoms with Gasteiger partial charge in [0.1, 0.15) is 12.0 Å². The van der Waals surface area contributed by atoms with E-state index in [0.717, 1.165) is 5.56 Å². The van der Waals surface area contributed by atoms with Crippen molar-refractivity contribution in [2.24, 2.45) is 0 Å². The molecule has 0 saturated carbocycles. The minimum atomic E-state index is -0.445. The Labute approximate surface area is 172 Å². The Hall–Kier alpha value is -3.03. The highest BCUT2D eigenvalue weighted by Crippen LogP contribution is 2.26. The van der Waals surface area contributed by atoms with Crippen molar-refractivity contribution in [2.45, 2.75) is 6.54 Å². The number of nitrogens with one attached hydrogen (secondary N) is 2. The van der Waals surface area contributed by atoms with Crippen LogP contribution in [0.3, 0.4) is 0 Å². The lowest BCUT2D eigenvalue weighted by Crippen LogP contribution is -2.31. The van der Waals surface area contributed by atoms with E-state index >= 15 is 0 Å². The minimum Gasteiger partial charge on any atom is -0.393 e. The van der Waals surface area contributed by atoms with Crippen LogP contribution >= 0.6 is 23.2 Å². The zero-order valence-electron chi connectivity index (χ0n) is 15.0. The van der Waals surface area contributed by atoms with Crippen molar-refractivity contribution in [3.8, 4) is 0 Å². The summed E-state index contributed by atoms with van der Waals surface area (Å²) in [5.74, 6) is 0.377. The smallest absolute Gasteiger partial charge is 0.271 e. The molecule has 0 saturated heterocycles. The summed E-state index contributed by atoms with van der Waals surface area (Å²) in [7, 11) is 1.88. The summed E-state index contributed by atoms with van der Waals surface area (Å²) in [6.45, 7) is 0.619. The van der Waals surface area contributed by atoms with E-state index in [0.29, 0.717) is 23.1 Å². The molecule has 0 aliphatic carbocycles. The Bertz CT molecular complexity index is 983. The molecule has 1 heterocycles. The van der Waals surface area contributed by atoms with Crippen LogP contribution in [0.4, 0.5) is 17.3 Å². The van der Waals surface area contributed by atoms with Crippen LogP contribution in [0.5, 0.6) is 0 Å². The molecule has 3 aromatic rings. The molecule has 4 N–H and O–H groups in total. The molecular weight excluding hydrogens is 399 g/mol. The number of anilines is 3. The molecule has 0 aliphatic heterocycles. The normalized spacial score (nSPS) is 10.4. The first-order chi connectivity index (χ1) is 13.5. The fourth-order valence-electron chi connectivity index (χ4n) is 2.58. The molecule has 0 aliphatic rings. The van der Waals surface area contributed by atoms with Crippen LogP contribution in [-0.2, 0) is 6.54 Å². The van der Waals surface area contributed by atoms with Gasteiger partial charge < -0.3 is 10.6 Å². The van der Waals surface area contributed by atoms with Crippen molar-refractivity contribution in [2.75, 3.05) is 23.1 Å². The van der Waals surface area contributed by atoms with Crippen molar-refractivity contribution in [3.05, 3.63) is 76.0 Å². The van der Waals surface area contributed by atoms with Crippen LogP contribution < -0.4 is 21.5 Å². The number of carbonyl (C=O) groups is 1. The Morgan fingerprint density at radius 1 is 1.14 bits per heavy atom. The van der Waals surface area contributed by atoms with E-state index < -0.39 is 5.91 Å². The summed E-state index contributed by atoms with van der Waals surface area (Å²) in [5.41, 5.74) is 13.1. The summed E-state index contributed by atoms with van der Waals surface area (Å²) in [4.78, 5) is 22.6. The molecule has 9 heteroatoms. The molecule has 3 rings (SSSR count). The number of nitrogen functional groups attached to an aromatic ring is 1. The molecule has 2 aromatic carbocycles. The predicted molar refractivity (Wildman–Crippen MR) is 113 cm³/mol. The van der Waals surface area contributed by atoms with Crippen LogP contribution in [0, 0.1) is 0 Å². The van der Waals surface area contributed by atoms with Gasteiger partial charge in [0.05, 0.1) is 10.6 Å². The zero-order valence-corrected chi connectivity index (χ0v) is 16.5. The van der Waals surface area contributed by atoms with Gasteiger partial charge in [-0.2, -0.15) is 0 Å². The van der Waals surface area contributed by atoms with E-state index in [1.165, 1.54) is 18.5 Å². The van der Waals surface area contributed by atoms with Gasteiger partial charge >= 0.3 is 0 Å². The predicted octanol–water partition coefficient (Wildman–Crippen LogP) is 3.76. The minimum absolute atomic E-state index is 0.241. The number of rotatable bonds is 6. The number of hydrazine groups is 1. The number of aromatic nitrogens is 2. The highest BCUT2D eigenvalue weighted by molar-refractivity contribution is 6.36. The summed E-state index contributed by atoms with van der Waals surface area (Å²) in [6, 6.07) is 14.5. The third-order valence-electron chi connectivity index (χ3n) is 3.96. The van der Waals surface area contributed by atoms with Gasteiger partial charge in [0.15, 0.2) is 11.6 Å². The lowest BCUT2D eigenvalue weighted by molar-refractivity contribution is 0.0962. The van der Waals surface area contributed by atoms with Crippen molar-refractivity contribution in [1.82, 2.24) is 15.4 Å². The lowest BCUT2D eigenvalue weighted by atomic mass is 10.2. The zero-order chi connectivity index (χ0) is 20.1. The highest BCUT2D eigenvalue weighted by Gasteiger charge is 2.15. The molecule has 0 atom stereocenters. The number of nitrogens with two attached hydrogens (primary N) is 1. The molecule has 7 nitrogen and oxygen atoms in total. The van der Waals surface area contributed by atoms with Crippen LogP contribution in [0.25, 0.3) is 0 Å². The number of halogens is 2. The number of hydrogen-bond acceptors (Lipinski definition) is 6. The second-order valence-corrected chi connectivity index (χ2v) is 6.85. The quantitative estimate of drug-likeness (QED) is 0.529. The summed E-state index contributed by atoms with van der Waals surface area (Å²) < 4.78 is 0. The van der Waals surface area contributed by atoms with Gasteiger partial charge in [-0.25, -0.2) is 9.97 Å². The molecule has 1 aromatic heterocycles. The summed E-state index contributed by atoms with van der Waals surface area (Å²) in [6.07, 6.45) is 1.37. The molecule has 0 unspecified atom stereocenters. The van der Waals surface area contributed by atoms with Gasteiger partial charge in [0, 0.05) is 18.6 Å². The monoisotopic (exact) mass is 416 g/mol. The molecule has 28 heavy (non-hydrogen) atoms.